The molecule has 0 spiro atoms. The zero-order valence-electron chi connectivity index (χ0n) is 19.3. The van der Waals surface area contributed by atoms with Gasteiger partial charge in [0.2, 0.25) is 0 Å². The number of hydrogen-bond donors (Lipinski definition) is 3. The Kier molecular flexibility index (Phi) is 8.44. The van der Waals surface area contributed by atoms with Crippen molar-refractivity contribution >= 4 is 23.4 Å². The number of rotatable bonds is 9. The number of aliphatic hydroxyl groups excluding tert-OH is 2. The molecule has 34 heavy (non-hydrogen) atoms. The molecule has 3 aromatic rings. The van der Waals surface area contributed by atoms with Crippen molar-refractivity contribution in [2.75, 3.05) is 6.54 Å². The Morgan fingerprint density at radius 3 is 2.35 bits per heavy atom. The van der Waals surface area contributed by atoms with Gasteiger partial charge in [-0.25, -0.2) is 4.68 Å². The van der Waals surface area contributed by atoms with Gasteiger partial charge in [-0.05, 0) is 62.2 Å². The van der Waals surface area contributed by atoms with Crippen LogP contribution in [0.15, 0.2) is 67.0 Å². The first-order valence-corrected chi connectivity index (χ1v) is 11.4. The molecular formula is C25H29ClN4O4. The van der Waals surface area contributed by atoms with E-state index in [1.54, 1.807) is 49.8 Å². The lowest BCUT2D eigenvalue weighted by Crippen LogP contribution is -2.51. The van der Waals surface area contributed by atoms with Gasteiger partial charge < -0.3 is 20.4 Å². The Hall–Kier alpha value is -3.20. The number of benzene rings is 2. The van der Waals surface area contributed by atoms with Crippen LogP contribution in [0.5, 0.6) is 0 Å². The van der Waals surface area contributed by atoms with E-state index in [0.717, 1.165) is 16.8 Å². The number of halogens is 1. The maximum absolute atomic E-state index is 12.9. The van der Waals surface area contributed by atoms with Gasteiger partial charge in [0.25, 0.3) is 11.8 Å². The lowest BCUT2D eigenvalue weighted by Gasteiger charge is -2.31. The van der Waals surface area contributed by atoms with Gasteiger partial charge in [0, 0.05) is 24.0 Å². The van der Waals surface area contributed by atoms with E-state index in [-0.39, 0.29) is 6.54 Å². The van der Waals surface area contributed by atoms with E-state index in [1.807, 2.05) is 42.6 Å². The summed E-state index contributed by atoms with van der Waals surface area (Å²) in [4.78, 5) is 26.9. The molecule has 0 saturated heterocycles. The van der Waals surface area contributed by atoms with E-state index in [0.29, 0.717) is 5.02 Å². The number of aliphatic hydroxyl groups is 2. The largest absolute Gasteiger partial charge is 0.380 e. The molecule has 3 N–H and O–H groups in total. The van der Waals surface area contributed by atoms with Gasteiger partial charge in [0.1, 0.15) is 0 Å². The number of nitrogens with one attached hydrogen (secondary N) is 1. The van der Waals surface area contributed by atoms with Crippen molar-refractivity contribution in [2.24, 2.45) is 0 Å². The van der Waals surface area contributed by atoms with Crippen LogP contribution in [-0.4, -0.2) is 55.5 Å². The number of carbonyl (C=O) groups is 2. The summed E-state index contributed by atoms with van der Waals surface area (Å²) in [5, 5.41) is 28.3. The number of aromatic nitrogens is 2. The standard InChI is InChI=1S/C25H29ClN4O4/c1-4-29(17(3)19-7-5-8-20(26)15-19)25(34)23(32)22(31)24(33)28-16(2)18-9-11-21(12-10-18)30-14-6-13-27-30/h5-17,22-23,31-32H,4H2,1-3H3,(H,28,33)/t16-,17?,22-,23-/m1/s1. The molecule has 0 saturated carbocycles. The monoisotopic (exact) mass is 484 g/mol. The minimum absolute atomic E-state index is 0.275. The highest BCUT2D eigenvalue weighted by atomic mass is 35.5. The molecule has 3 rings (SSSR count). The Morgan fingerprint density at radius 1 is 1.06 bits per heavy atom. The fourth-order valence-corrected chi connectivity index (χ4v) is 3.93. The first-order chi connectivity index (χ1) is 16.2. The van der Waals surface area contributed by atoms with Crippen molar-refractivity contribution in [3.8, 4) is 5.69 Å². The van der Waals surface area contributed by atoms with Gasteiger partial charge in [-0.3, -0.25) is 9.59 Å². The molecule has 1 unspecified atom stereocenters. The molecule has 1 heterocycles. The van der Waals surface area contributed by atoms with Gasteiger partial charge in [0.05, 0.1) is 17.8 Å². The van der Waals surface area contributed by atoms with Gasteiger partial charge in [-0.15, -0.1) is 0 Å². The predicted octanol–water partition coefficient (Wildman–Crippen LogP) is 3.03. The third-order valence-electron chi connectivity index (χ3n) is 5.76. The Bertz CT molecular complexity index is 1100. The summed E-state index contributed by atoms with van der Waals surface area (Å²) in [6.07, 6.45) is -0.322. The van der Waals surface area contributed by atoms with E-state index >= 15 is 0 Å². The maximum Gasteiger partial charge on any atom is 0.255 e. The Balaban J connectivity index is 1.63. The van der Waals surface area contributed by atoms with Crippen LogP contribution >= 0.6 is 11.6 Å². The number of amides is 2. The zero-order chi connectivity index (χ0) is 24.8. The van der Waals surface area contributed by atoms with Crippen LogP contribution in [0.2, 0.25) is 5.02 Å². The second kappa shape index (κ2) is 11.3. The second-order valence-electron chi connectivity index (χ2n) is 8.02. The maximum atomic E-state index is 12.9. The molecular weight excluding hydrogens is 456 g/mol. The first-order valence-electron chi connectivity index (χ1n) is 11.0. The second-order valence-corrected chi connectivity index (χ2v) is 8.45. The van der Waals surface area contributed by atoms with E-state index in [4.69, 9.17) is 11.6 Å². The average Bonchev–Trinajstić information content (AvgIpc) is 3.38. The molecule has 9 heteroatoms. The SMILES string of the molecule is CCN(C(=O)[C@H](O)[C@@H](O)C(=O)N[C@H](C)c1ccc(-n2cccn2)cc1)C(C)c1cccc(Cl)c1. The molecule has 2 aromatic carbocycles. The third kappa shape index (κ3) is 5.83. The molecule has 8 nitrogen and oxygen atoms in total. The van der Waals surface area contributed by atoms with Crippen molar-refractivity contribution in [3.63, 3.8) is 0 Å². The topological polar surface area (TPSA) is 108 Å². The molecule has 180 valence electrons. The molecule has 0 radical (unpaired) electrons. The van der Waals surface area contributed by atoms with E-state index in [2.05, 4.69) is 10.4 Å². The Morgan fingerprint density at radius 2 is 1.76 bits per heavy atom. The lowest BCUT2D eigenvalue weighted by molar-refractivity contribution is -0.154. The van der Waals surface area contributed by atoms with Crippen LogP contribution in [0.3, 0.4) is 0 Å². The highest BCUT2D eigenvalue weighted by Gasteiger charge is 2.35. The quantitative estimate of drug-likeness (QED) is 0.432. The summed E-state index contributed by atoms with van der Waals surface area (Å²) in [7, 11) is 0. The molecule has 1 aromatic heterocycles. The van der Waals surface area contributed by atoms with E-state index in [9.17, 15) is 19.8 Å². The highest BCUT2D eigenvalue weighted by molar-refractivity contribution is 6.30. The van der Waals surface area contributed by atoms with Crippen molar-refractivity contribution < 1.29 is 19.8 Å². The molecule has 0 aliphatic heterocycles. The van der Waals surface area contributed by atoms with Crippen LogP contribution in [0, 0.1) is 0 Å². The molecule has 0 aliphatic rings. The average molecular weight is 485 g/mol. The minimum Gasteiger partial charge on any atom is -0.380 e. The lowest BCUT2D eigenvalue weighted by atomic mass is 10.0. The molecule has 2 amide bonds. The number of hydrogen-bond acceptors (Lipinski definition) is 5. The summed E-state index contributed by atoms with van der Waals surface area (Å²) in [6.45, 7) is 5.58. The fourth-order valence-electron chi connectivity index (χ4n) is 3.73. The summed E-state index contributed by atoms with van der Waals surface area (Å²) in [5.41, 5.74) is 2.44. The molecule has 4 atom stereocenters. The van der Waals surface area contributed by atoms with Crippen LogP contribution in [-0.2, 0) is 9.59 Å². The van der Waals surface area contributed by atoms with Gasteiger partial charge in [0.15, 0.2) is 12.2 Å². The summed E-state index contributed by atoms with van der Waals surface area (Å²) >= 11 is 6.05. The predicted molar refractivity (Wildman–Crippen MR) is 129 cm³/mol. The van der Waals surface area contributed by atoms with Crippen molar-refractivity contribution in [3.05, 3.63) is 83.1 Å². The van der Waals surface area contributed by atoms with Crippen LogP contribution in [0.25, 0.3) is 5.69 Å². The van der Waals surface area contributed by atoms with Gasteiger partial charge >= 0.3 is 0 Å². The fraction of sp³-hybridized carbons (Fsp3) is 0.320. The summed E-state index contributed by atoms with van der Waals surface area (Å²) in [5.74, 6) is -1.58. The smallest absolute Gasteiger partial charge is 0.255 e. The van der Waals surface area contributed by atoms with Crippen LogP contribution in [0.1, 0.15) is 44.0 Å². The third-order valence-corrected chi connectivity index (χ3v) is 6.00. The highest BCUT2D eigenvalue weighted by Crippen LogP contribution is 2.24. The number of likely N-dealkylation sites (N-methyl/N-ethyl adjacent to an activating group) is 1. The normalized spacial score (nSPS) is 14.6. The summed E-state index contributed by atoms with van der Waals surface area (Å²) < 4.78 is 1.71. The van der Waals surface area contributed by atoms with E-state index < -0.39 is 36.1 Å². The zero-order valence-corrected chi connectivity index (χ0v) is 20.1. The Labute approximate surface area is 203 Å². The molecule has 0 fully saturated rings. The minimum atomic E-state index is -1.92. The molecule has 0 aliphatic carbocycles. The van der Waals surface area contributed by atoms with Gasteiger partial charge in [-0.1, -0.05) is 35.9 Å². The number of carbonyl (C=O) groups excluding carboxylic acids is 2. The van der Waals surface area contributed by atoms with Crippen molar-refractivity contribution in [1.82, 2.24) is 20.0 Å². The van der Waals surface area contributed by atoms with E-state index in [1.165, 1.54) is 4.90 Å². The van der Waals surface area contributed by atoms with Crippen LogP contribution in [0.4, 0.5) is 0 Å². The first kappa shape index (κ1) is 25.4. The van der Waals surface area contributed by atoms with Crippen molar-refractivity contribution in [2.45, 2.75) is 45.1 Å². The summed E-state index contributed by atoms with van der Waals surface area (Å²) in [6, 6.07) is 15.4. The number of nitrogens with zero attached hydrogens (tertiary/aromatic N) is 3. The van der Waals surface area contributed by atoms with Gasteiger partial charge in [-0.2, -0.15) is 5.10 Å². The van der Waals surface area contributed by atoms with Crippen LogP contribution < -0.4 is 5.32 Å². The molecule has 0 bridgehead atoms. The van der Waals surface area contributed by atoms with Crippen molar-refractivity contribution in [1.29, 1.82) is 0 Å².